The molecule has 50 heavy (non-hydrogen) atoms. The van der Waals surface area contributed by atoms with Gasteiger partial charge in [-0.3, -0.25) is 9.59 Å². The zero-order valence-corrected chi connectivity index (χ0v) is 30.4. The summed E-state index contributed by atoms with van der Waals surface area (Å²) in [6.45, 7) is 9.00. The lowest BCUT2D eigenvalue weighted by atomic mass is 9.65. The van der Waals surface area contributed by atoms with E-state index in [1.165, 1.54) is 36.8 Å². The second kappa shape index (κ2) is 15.5. The number of Topliss-reactive ketones (excluding diaryl/α,β-unsaturated/α-hetero) is 2. The highest BCUT2D eigenvalue weighted by Gasteiger charge is 2.41. The number of unbranched alkanes of at least 4 members (excludes halogenated alkanes) is 6. The van der Waals surface area contributed by atoms with Gasteiger partial charge in [0.15, 0.2) is 11.6 Å². The Balaban J connectivity index is 1.62. The predicted molar refractivity (Wildman–Crippen MR) is 210 cm³/mol. The molecule has 256 valence electrons. The summed E-state index contributed by atoms with van der Waals surface area (Å²) in [5, 5.41) is 0. The maximum absolute atomic E-state index is 14.7. The molecular formula is C48H52O2. The van der Waals surface area contributed by atoms with Gasteiger partial charge in [-0.1, -0.05) is 188 Å². The van der Waals surface area contributed by atoms with E-state index in [1.807, 2.05) is 36.4 Å². The summed E-state index contributed by atoms with van der Waals surface area (Å²) in [5.74, 6) is 0.197. The number of rotatable bonds is 14. The summed E-state index contributed by atoms with van der Waals surface area (Å²) in [5.41, 5.74) is 8.42. The largest absolute Gasteiger partial charge is 0.289 e. The molecule has 0 saturated carbocycles. The Morgan fingerprint density at radius 1 is 0.420 bits per heavy atom. The minimum atomic E-state index is -0.472. The molecule has 2 heteroatoms. The second-order valence-corrected chi connectivity index (χ2v) is 14.7. The van der Waals surface area contributed by atoms with E-state index in [1.54, 1.807) is 0 Å². The van der Waals surface area contributed by atoms with Crippen LogP contribution in [-0.4, -0.2) is 11.6 Å². The van der Waals surface area contributed by atoms with Crippen LogP contribution in [0, 0.1) is 0 Å². The molecule has 0 bridgehead atoms. The third-order valence-corrected chi connectivity index (χ3v) is 11.4. The lowest BCUT2D eigenvalue weighted by molar-refractivity contribution is 0.100. The topological polar surface area (TPSA) is 34.1 Å². The van der Waals surface area contributed by atoms with E-state index in [2.05, 4.69) is 113 Å². The molecule has 4 aromatic carbocycles. The van der Waals surface area contributed by atoms with Gasteiger partial charge in [-0.15, -0.1) is 0 Å². The van der Waals surface area contributed by atoms with Gasteiger partial charge in [-0.2, -0.15) is 0 Å². The van der Waals surface area contributed by atoms with Crippen molar-refractivity contribution in [1.82, 2.24) is 0 Å². The molecule has 2 aliphatic carbocycles. The fourth-order valence-corrected chi connectivity index (χ4v) is 8.25. The lowest BCUT2D eigenvalue weighted by Gasteiger charge is -2.37. The first kappa shape index (κ1) is 35.3. The fourth-order valence-electron chi connectivity index (χ4n) is 8.25. The van der Waals surface area contributed by atoms with Gasteiger partial charge in [0.05, 0.1) is 0 Å². The van der Waals surface area contributed by atoms with Crippen LogP contribution in [0.15, 0.2) is 132 Å². The Hall–Kier alpha value is -4.56. The highest BCUT2D eigenvalue weighted by molar-refractivity contribution is 6.24. The standard InChI is InChI=1S/C48H52O2/c1-5-7-9-21-31-47(3,35-23-13-11-14-24-35)43-33-41(37-27-17-19-29-39(37)45(43)49)42-34-44(46(50)40-30-20-18-28-38(40)42)48(4,32-22-10-8-6-2)36-25-15-12-16-26-36/h11-20,23-30,33-34H,5-10,21-22,31-32H2,1-4H3/b42-41+. The summed E-state index contributed by atoms with van der Waals surface area (Å²) in [4.78, 5) is 29.3. The number of ketones is 2. The van der Waals surface area contributed by atoms with Crippen molar-refractivity contribution < 1.29 is 9.59 Å². The molecule has 2 nitrogen and oxygen atoms in total. The van der Waals surface area contributed by atoms with Crippen LogP contribution >= 0.6 is 0 Å². The van der Waals surface area contributed by atoms with Gasteiger partial charge < -0.3 is 0 Å². The van der Waals surface area contributed by atoms with Crippen LogP contribution in [0.25, 0.3) is 11.1 Å². The zero-order chi connectivity index (χ0) is 35.1. The summed E-state index contributed by atoms with van der Waals surface area (Å²) in [6.07, 6.45) is 15.2. The molecule has 2 unspecified atom stereocenters. The van der Waals surface area contributed by atoms with Gasteiger partial charge in [0.25, 0.3) is 0 Å². The Morgan fingerprint density at radius 2 is 0.760 bits per heavy atom. The molecule has 0 N–H and O–H groups in total. The average Bonchev–Trinajstić information content (AvgIpc) is 3.16. The van der Waals surface area contributed by atoms with E-state index in [4.69, 9.17) is 0 Å². The van der Waals surface area contributed by atoms with Crippen molar-refractivity contribution in [3.05, 3.63) is 166 Å². The zero-order valence-electron chi connectivity index (χ0n) is 30.4. The SMILES string of the molecule is CCCCCCC(C)(C1=C/C(=C2/C=C(C(C)(CCCCCC)c3ccccc3)C(=O)c3ccccc32)c2ccccc2C1=O)c1ccccc1. The van der Waals surface area contributed by atoms with Crippen LogP contribution in [0.3, 0.4) is 0 Å². The first-order valence-corrected chi connectivity index (χ1v) is 18.9. The van der Waals surface area contributed by atoms with Crippen molar-refractivity contribution in [3.63, 3.8) is 0 Å². The summed E-state index contributed by atoms with van der Waals surface area (Å²) in [6, 6.07) is 37.3. The number of hydrogen-bond acceptors (Lipinski definition) is 2. The van der Waals surface area contributed by atoms with Gasteiger partial charge in [-0.25, -0.2) is 0 Å². The number of allylic oxidation sites excluding steroid dienone is 6. The first-order chi connectivity index (χ1) is 24.3. The van der Waals surface area contributed by atoms with Crippen LogP contribution in [-0.2, 0) is 10.8 Å². The maximum Gasteiger partial charge on any atom is 0.190 e. The highest BCUT2D eigenvalue weighted by atomic mass is 16.1. The summed E-state index contributed by atoms with van der Waals surface area (Å²) < 4.78 is 0. The number of carbonyl (C=O) groups is 2. The maximum atomic E-state index is 14.7. The molecule has 0 fully saturated rings. The predicted octanol–water partition coefficient (Wildman–Crippen LogP) is 12.7. The average molecular weight is 661 g/mol. The van der Waals surface area contributed by atoms with Crippen LogP contribution in [0.1, 0.15) is 135 Å². The molecule has 0 radical (unpaired) electrons. The van der Waals surface area contributed by atoms with Crippen molar-refractivity contribution in [2.75, 3.05) is 0 Å². The molecule has 0 spiro atoms. The molecule has 6 rings (SSSR count). The van der Waals surface area contributed by atoms with E-state index in [0.29, 0.717) is 0 Å². The van der Waals surface area contributed by atoms with Crippen LogP contribution in [0.5, 0.6) is 0 Å². The Kier molecular flexibility index (Phi) is 11.0. The molecule has 2 atom stereocenters. The minimum Gasteiger partial charge on any atom is -0.289 e. The number of fused-ring (bicyclic) bond motifs is 2. The van der Waals surface area contributed by atoms with Gasteiger partial charge in [0, 0.05) is 33.1 Å². The molecular weight excluding hydrogens is 609 g/mol. The van der Waals surface area contributed by atoms with E-state index in [9.17, 15) is 9.59 Å². The van der Waals surface area contributed by atoms with Crippen molar-refractivity contribution in [2.24, 2.45) is 0 Å². The number of benzene rings is 4. The lowest BCUT2D eigenvalue weighted by Crippen LogP contribution is -2.33. The first-order valence-electron chi connectivity index (χ1n) is 18.9. The molecule has 0 heterocycles. The van der Waals surface area contributed by atoms with Gasteiger partial charge >= 0.3 is 0 Å². The Labute approximate surface area is 300 Å². The quantitative estimate of drug-likeness (QED) is 0.126. The Bertz CT molecular complexity index is 1780. The van der Waals surface area contributed by atoms with Gasteiger partial charge in [0.2, 0.25) is 0 Å². The van der Waals surface area contributed by atoms with E-state index >= 15 is 0 Å². The number of hydrogen-bond donors (Lipinski definition) is 0. The van der Waals surface area contributed by atoms with Crippen molar-refractivity contribution in [2.45, 2.75) is 103 Å². The van der Waals surface area contributed by atoms with E-state index < -0.39 is 10.8 Å². The van der Waals surface area contributed by atoms with E-state index in [-0.39, 0.29) is 11.6 Å². The van der Waals surface area contributed by atoms with Crippen LogP contribution in [0.2, 0.25) is 0 Å². The highest BCUT2D eigenvalue weighted by Crippen LogP contribution is 2.49. The van der Waals surface area contributed by atoms with E-state index in [0.717, 1.165) is 83.1 Å². The summed E-state index contributed by atoms with van der Waals surface area (Å²) in [7, 11) is 0. The molecule has 0 aliphatic heterocycles. The third-order valence-electron chi connectivity index (χ3n) is 11.4. The van der Waals surface area contributed by atoms with Crippen molar-refractivity contribution in [1.29, 1.82) is 0 Å². The van der Waals surface area contributed by atoms with Gasteiger partial charge in [0.1, 0.15) is 0 Å². The smallest absolute Gasteiger partial charge is 0.190 e. The van der Waals surface area contributed by atoms with Crippen LogP contribution in [0.4, 0.5) is 0 Å². The number of carbonyl (C=O) groups excluding carboxylic acids is 2. The molecule has 0 aromatic heterocycles. The second-order valence-electron chi connectivity index (χ2n) is 14.7. The third kappa shape index (κ3) is 6.78. The van der Waals surface area contributed by atoms with Gasteiger partial charge in [-0.05, 0) is 58.4 Å². The Morgan fingerprint density at radius 3 is 1.12 bits per heavy atom. The molecule has 0 amide bonds. The fraction of sp³-hybridized carbons (Fsp3) is 0.333. The monoisotopic (exact) mass is 660 g/mol. The van der Waals surface area contributed by atoms with Crippen LogP contribution < -0.4 is 0 Å². The molecule has 0 saturated heterocycles. The summed E-state index contributed by atoms with van der Waals surface area (Å²) >= 11 is 0. The van der Waals surface area contributed by atoms with Crippen molar-refractivity contribution in [3.8, 4) is 0 Å². The van der Waals surface area contributed by atoms with Crippen molar-refractivity contribution >= 4 is 22.7 Å². The minimum absolute atomic E-state index is 0.0983. The normalized spacial score (nSPS) is 18.0. The molecule has 4 aromatic rings. The molecule has 2 aliphatic rings.